The number of ether oxygens (including phenoxy) is 1. The number of aromatic nitrogens is 1. The van der Waals surface area contributed by atoms with Crippen LogP contribution >= 0.6 is 0 Å². The van der Waals surface area contributed by atoms with Crippen molar-refractivity contribution < 1.29 is 9.84 Å². The van der Waals surface area contributed by atoms with Crippen molar-refractivity contribution in [3.63, 3.8) is 0 Å². The van der Waals surface area contributed by atoms with E-state index in [4.69, 9.17) is 4.74 Å². The molecular formula is C15H21NO2. The molecule has 1 atom stereocenters. The average Bonchev–Trinajstić information content (AvgIpc) is 2.65. The van der Waals surface area contributed by atoms with Gasteiger partial charge in [-0.05, 0) is 25.5 Å². The van der Waals surface area contributed by atoms with Crippen LogP contribution in [0.15, 0.2) is 30.5 Å². The van der Waals surface area contributed by atoms with E-state index in [1.165, 1.54) is 16.5 Å². The van der Waals surface area contributed by atoms with Crippen molar-refractivity contribution in [3.05, 3.63) is 36.0 Å². The van der Waals surface area contributed by atoms with Gasteiger partial charge in [-0.1, -0.05) is 18.2 Å². The highest BCUT2D eigenvalue weighted by Crippen LogP contribution is 2.21. The molecular weight excluding hydrogens is 226 g/mol. The van der Waals surface area contributed by atoms with Crippen molar-refractivity contribution in [1.29, 1.82) is 0 Å². The smallest absolute Gasteiger partial charge is 0.0814 e. The van der Waals surface area contributed by atoms with Crippen LogP contribution in [0.5, 0.6) is 0 Å². The van der Waals surface area contributed by atoms with Gasteiger partial charge in [-0.2, -0.15) is 0 Å². The summed E-state index contributed by atoms with van der Waals surface area (Å²) in [6.07, 6.45) is 2.43. The van der Waals surface area contributed by atoms with E-state index in [9.17, 15) is 5.11 Å². The van der Waals surface area contributed by atoms with Gasteiger partial charge < -0.3 is 14.4 Å². The van der Waals surface area contributed by atoms with Gasteiger partial charge in [-0.25, -0.2) is 0 Å². The van der Waals surface area contributed by atoms with E-state index in [0.717, 1.165) is 0 Å². The second-order valence-electron chi connectivity index (χ2n) is 5.02. The normalized spacial score (nSPS) is 13.4. The van der Waals surface area contributed by atoms with E-state index in [0.29, 0.717) is 13.0 Å². The van der Waals surface area contributed by atoms with Crippen LogP contribution in [0, 0.1) is 0 Å². The third-order valence-corrected chi connectivity index (χ3v) is 3.06. The van der Waals surface area contributed by atoms with E-state index in [-0.39, 0.29) is 6.10 Å². The van der Waals surface area contributed by atoms with Gasteiger partial charge in [0.2, 0.25) is 0 Å². The molecule has 0 aliphatic carbocycles. The number of aliphatic hydroxyl groups excluding tert-OH is 1. The summed E-state index contributed by atoms with van der Waals surface area (Å²) in [5, 5.41) is 11.2. The lowest BCUT2D eigenvalue weighted by atomic mass is 10.1. The molecule has 2 aromatic rings. The summed E-state index contributed by atoms with van der Waals surface area (Å²) < 4.78 is 7.54. The lowest BCUT2D eigenvalue weighted by Gasteiger charge is -2.13. The van der Waals surface area contributed by atoms with Crippen molar-refractivity contribution in [3.8, 4) is 0 Å². The number of aliphatic hydroxyl groups is 1. The molecule has 2 rings (SSSR count). The Hall–Kier alpha value is -1.32. The number of hydrogen-bond acceptors (Lipinski definition) is 2. The minimum atomic E-state index is -0.446. The first-order chi connectivity index (χ1) is 8.58. The van der Waals surface area contributed by atoms with Crippen molar-refractivity contribution in [2.75, 3.05) is 6.61 Å². The molecule has 1 N–H and O–H groups in total. The number of fused-ring (bicyclic) bond motifs is 1. The molecule has 1 unspecified atom stereocenters. The molecule has 0 amide bonds. The van der Waals surface area contributed by atoms with E-state index < -0.39 is 6.10 Å². The molecule has 1 heterocycles. The maximum absolute atomic E-state index is 9.99. The Bertz CT molecular complexity index is 516. The number of benzene rings is 1. The standard InChI is InChI=1S/C15H21NO2/c1-11(2)18-10-13(17)8-12-9-16(3)15-7-5-4-6-14(12)15/h4-7,9,11,13,17H,8,10H2,1-3H3. The van der Waals surface area contributed by atoms with Crippen LogP contribution in [-0.4, -0.2) is 28.5 Å². The predicted octanol–water partition coefficient (Wildman–Crippen LogP) is 2.51. The van der Waals surface area contributed by atoms with Crippen LogP contribution in [0.4, 0.5) is 0 Å². The Morgan fingerprint density at radius 1 is 1.28 bits per heavy atom. The van der Waals surface area contributed by atoms with Crippen LogP contribution in [0.1, 0.15) is 19.4 Å². The lowest BCUT2D eigenvalue weighted by Crippen LogP contribution is -2.20. The molecule has 1 aromatic carbocycles. The SMILES string of the molecule is CC(C)OCC(O)Cc1cn(C)c2ccccc12. The Balaban J connectivity index is 2.12. The van der Waals surface area contributed by atoms with Crippen molar-refractivity contribution >= 4 is 10.9 Å². The lowest BCUT2D eigenvalue weighted by molar-refractivity contribution is 0.00632. The summed E-state index contributed by atoms with van der Waals surface area (Å²) in [7, 11) is 2.03. The van der Waals surface area contributed by atoms with E-state index in [1.807, 2.05) is 33.0 Å². The Morgan fingerprint density at radius 2 is 2.00 bits per heavy atom. The Kier molecular flexibility index (Phi) is 4.04. The summed E-state index contributed by atoms with van der Waals surface area (Å²) >= 11 is 0. The van der Waals surface area contributed by atoms with Gasteiger partial charge in [0.1, 0.15) is 0 Å². The molecule has 0 spiro atoms. The van der Waals surface area contributed by atoms with Gasteiger partial charge in [-0.3, -0.25) is 0 Å². The van der Waals surface area contributed by atoms with Crippen molar-refractivity contribution in [2.24, 2.45) is 7.05 Å². The van der Waals surface area contributed by atoms with E-state index >= 15 is 0 Å². The van der Waals surface area contributed by atoms with Crippen LogP contribution < -0.4 is 0 Å². The molecule has 3 heteroatoms. The van der Waals surface area contributed by atoms with Crippen LogP contribution in [0.2, 0.25) is 0 Å². The number of hydrogen-bond donors (Lipinski definition) is 1. The monoisotopic (exact) mass is 247 g/mol. The molecule has 0 radical (unpaired) electrons. The zero-order chi connectivity index (χ0) is 13.1. The number of rotatable bonds is 5. The molecule has 1 aromatic heterocycles. The predicted molar refractivity (Wildman–Crippen MR) is 73.7 cm³/mol. The zero-order valence-electron chi connectivity index (χ0n) is 11.3. The maximum atomic E-state index is 9.99. The second kappa shape index (κ2) is 5.55. The first kappa shape index (κ1) is 13.1. The summed E-state index contributed by atoms with van der Waals surface area (Å²) in [5.41, 5.74) is 2.37. The van der Waals surface area contributed by atoms with Gasteiger partial charge in [0.05, 0.1) is 18.8 Å². The van der Waals surface area contributed by atoms with Crippen molar-refractivity contribution in [1.82, 2.24) is 4.57 Å². The molecule has 0 aliphatic heterocycles. The third kappa shape index (κ3) is 2.92. The molecule has 98 valence electrons. The molecule has 0 saturated heterocycles. The van der Waals surface area contributed by atoms with E-state index in [2.05, 4.69) is 22.9 Å². The Morgan fingerprint density at radius 3 is 2.72 bits per heavy atom. The highest BCUT2D eigenvalue weighted by Gasteiger charge is 2.11. The number of para-hydroxylation sites is 1. The van der Waals surface area contributed by atoms with Gasteiger partial charge in [-0.15, -0.1) is 0 Å². The zero-order valence-corrected chi connectivity index (χ0v) is 11.3. The molecule has 0 aliphatic rings. The third-order valence-electron chi connectivity index (χ3n) is 3.06. The van der Waals surface area contributed by atoms with Gasteiger partial charge in [0.25, 0.3) is 0 Å². The summed E-state index contributed by atoms with van der Waals surface area (Å²) in [5.74, 6) is 0. The van der Waals surface area contributed by atoms with Gasteiger partial charge in [0.15, 0.2) is 0 Å². The van der Waals surface area contributed by atoms with E-state index in [1.54, 1.807) is 0 Å². The Labute approximate surface area is 108 Å². The first-order valence-electron chi connectivity index (χ1n) is 6.40. The summed E-state index contributed by atoms with van der Waals surface area (Å²) in [6, 6.07) is 8.25. The maximum Gasteiger partial charge on any atom is 0.0814 e. The minimum absolute atomic E-state index is 0.159. The molecule has 3 nitrogen and oxygen atoms in total. The summed E-state index contributed by atoms with van der Waals surface area (Å²) in [4.78, 5) is 0. The van der Waals surface area contributed by atoms with Gasteiger partial charge in [0, 0.05) is 30.6 Å². The topological polar surface area (TPSA) is 34.4 Å². The second-order valence-corrected chi connectivity index (χ2v) is 5.02. The number of nitrogens with zero attached hydrogens (tertiary/aromatic N) is 1. The quantitative estimate of drug-likeness (QED) is 0.881. The summed E-state index contributed by atoms with van der Waals surface area (Å²) in [6.45, 7) is 4.34. The fraction of sp³-hybridized carbons (Fsp3) is 0.467. The molecule has 18 heavy (non-hydrogen) atoms. The fourth-order valence-corrected chi connectivity index (χ4v) is 2.20. The van der Waals surface area contributed by atoms with Crippen LogP contribution in [-0.2, 0) is 18.2 Å². The fourth-order valence-electron chi connectivity index (χ4n) is 2.20. The largest absolute Gasteiger partial charge is 0.390 e. The minimum Gasteiger partial charge on any atom is -0.390 e. The highest BCUT2D eigenvalue weighted by molar-refractivity contribution is 5.83. The van der Waals surface area contributed by atoms with Crippen LogP contribution in [0.3, 0.4) is 0 Å². The number of aryl methyl sites for hydroxylation is 1. The van der Waals surface area contributed by atoms with Crippen molar-refractivity contribution in [2.45, 2.75) is 32.5 Å². The van der Waals surface area contributed by atoms with Gasteiger partial charge >= 0.3 is 0 Å². The first-order valence-corrected chi connectivity index (χ1v) is 6.40. The molecule has 0 fully saturated rings. The van der Waals surface area contributed by atoms with Crippen LogP contribution in [0.25, 0.3) is 10.9 Å². The average molecular weight is 247 g/mol. The molecule has 0 saturated carbocycles. The highest BCUT2D eigenvalue weighted by atomic mass is 16.5. The molecule has 0 bridgehead atoms.